The van der Waals surface area contributed by atoms with E-state index in [2.05, 4.69) is 20.7 Å². The number of carbonyl (C=O) groups excluding carboxylic acids is 1. The lowest BCUT2D eigenvalue weighted by Crippen LogP contribution is -2.52. The molecule has 1 saturated heterocycles. The predicted octanol–water partition coefficient (Wildman–Crippen LogP) is 3.44. The number of nitrogens with one attached hydrogen (secondary N) is 2. The Morgan fingerprint density at radius 2 is 2.24 bits per heavy atom. The van der Waals surface area contributed by atoms with Gasteiger partial charge in [-0.1, -0.05) is 23.7 Å². The van der Waals surface area contributed by atoms with E-state index in [0.717, 1.165) is 31.3 Å². The Bertz CT molecular complexity index is 812. The Kier molecular flexibility index (Phi) is 6.56. The molecule has 2 aliphatic rings. The van der Waals surface area contributed by atoms with Crippen LogP contribution in [0.4, 0.5) is 18.0 Å². The van der Waals surface area contributed by atoms with Crippen LogP contribution < -0.4 is 10.7 Å². The molecule has 6 nitrogen and oxygen atoms in total. The number of likely N-dealkylation sites (N-methyl/N-ethyl adjacent to an activating group) is 1. The summed E-state index contributed by atoms with van der Waals surface area (Å²) in [5.41, 5.74) is 2.56. The second-order valence-corrected chi connectivity index (χ2v) is 7.47. The molecule has 0 unspecified atom stereocenters. The highest BCUT2D eigenvalue weighted by Crippen LogP contribution is 2.34. The van der Waals surface area contributed by atoms with Crippen LogP contribution in [0.5, 0.6) is 0 Å². The summed E-state index contributed by atoms with van der Waals surface area (Å²) in [7, 11) is 1.72. The van der Waals surface area contributed by atoms with Crippen molar-refractivity contribution in [1.82, 2.24) is 20.5 Å². The monoisotopic (exact) mass is 429 g/mol. The minimum absolute atomic E-state index is 0.0120. The van der Waals surface area contributed by atoms with Gasteiger partial charge in [0.15, 0.2) is 0 Å². The van der Waals surface area contributed by atoms with Crippen molar-refractivity contribution in [1.29, 1.82) is 0 Å². The van der Waals surface area contributed by atoms with Crippen molar-refractivity contribution >= 4 is 23.5 Å². The molecule has 2 aliphatic heterocycles. The smallest absolute Gasteiger partial charge is 0.353 e. The van der Waals surface area contributed by atoms with E-state index >= 15 is 0 Å². The van der Waals surface area contributed by atoms with Gasteiger partial charge >= 0.3 is 12.2 Å². The molecule has 3 rings (SSSR count). The molecule has 0 spiro atoms. The van der Waals surface area contributed by atoms with Gasteiger partial charge in [0.2, 0.25) is 0 Å². The number of hydrogen-bond acceptors (Lipinski definition) is 4. The van der Waals surface area contributed by atoms with E-state index in [9.17, 15) is 18.0 Å². The number of hydrogen-bond donors (Lipinski definition) is 2. The molecule has 1 aromatic carbocycles. The summed E-state index contributed by atoms with van der Waals surface area (Å²) in [6.07, 6.45) is 1.27. The first-order valence-electron chi connectivity index (χ1n) is 9.34. The molecule has 0 bridgehead atoms. The molecule has 0 aliphatic carbocycles. The second kappa shape index (κ2) is 8.94. The molecule has 10 heteroatoms. The first kappa shape index (κ1) is 21.3. The van der Waals surface area contributed by atoms with Gasteiger partial charge in [0, 0.05) is 26.7 Å². The van der Waals surface area contributed by atoms with Crippen molar-refractivity contribution in [2.45, 2.75) is 31.6 Å². The van der Waals surface area contributed by atoms with Gasteiger partial charge in [-0.2, -0.15) is 18.3 Å². The zero-order chi connectivity index (χ0) is 21.0. The Hall–Kier alpha value is -2.42. The number of urea groups is 1. The summed E-state index contributed by atoms with van der Waals surface area (Å²) in [4.78, 5) is 16.3. The fourth-order valence-electron chi connectivity index (χ4n) is 3.40. The molecule has 0 aromatic heterocycles. The number of halogens is 4. The molecule has 1 aromatic rings. The van der Waals surface area contributed by atoms with Crippen LogP contribution in [0, 0.1) is 0 Å². The minimum Gasteiger partial charge on any atom is -0.353 e. The van der Waals surface area contributed by atoms with E-state index in [0.29, 0.717) is 18.7 Å². The van der Waals surface area contributed by atoms with Gasteiger partial charge in [-0.15, -0.1) is 0 Å². The van der Waals surface area contributed by atoms with E-state index < -0.39 is 11.7 Å². The standard InChI is InChI=1S/C19H23ClF3N5O/c1-27(14-4-3-9-28(12-14)17-5-2-8-25-26-17)18(29)24-11-13-6-7-15(16(20)10-13)19(21,22)23/h2,5-7,10,14,25H,3-4,8-9,11-12H2,1H3,(H,24,29)/t14-/m1/s1. The summed E-state index contributed by atoms with van der Waals surface area (Å²) < 4.78 is 38.4. The maximum Gasteiger partial charge on any atom is 0.417 e. The van der Waals surface area contributed by atoms with Crippen LogP contribution in [0.3, 0.4) is 0 Å². The summed E-state index contributed by atoms with van der Waals surface area (Å²) in [6.45, 7) is 2.34. The number of carbonyl (C=O) groups is 1. The lowest BCUT2D eigenvalue weighted by Gasteiger charge is -2.38. The largest absolute Gasteiger partial charge is 0.417 e. The van der Waals surface area contributed by atoms with Crippen LogP contribution in [0.1, 0.15) is 24.0 Å². The first-order valence-corrected chi connectivity index (χ1v) is 9.72. The third kappa shape index (κ3) is 5.35. The van der Waals surface area contributed by atoms with Crippen molar-refractivity contribution in [2.24, 2.45) is 5.10 Å². The SMILES string of the molecule is CN(C(=O)NCc1ccc(C(F)(F)F)c(Cl)c1)[C@@H]1CCCN(C2=NNCC=C2)C1. The number of nitrogens with zero attached hydrogens (tertiary/aromatic N) is 3. The molecule has 29 heavy (non-hydrogen) atoms. The normalized spacial score (nSPS) is 19.4. The zero-order valence-electron chi connectivity index (χ0n) is 16.0. The lowest BCUT2D eigenvalue weighted by molar-refractivity contribution is -0.137. The van der Waals surface area contributed by atoms with Crippen LogP contribution >= 0.6 is 11.6 Å². The van der Waals surface area contributed by atoms with Crippen molar-refractivity contribution in [3.8, 4) is 0 Å². The van der Waals surface area contributed by atoms with Crippen LogP contribution in [-0.2, 0) is 12.7 Å². The maximum atomic E-state index is 12.8. The number of hydrazone groups is 1. The maximum absolute atomic E-state index is 12.8. The second-order valence-electron chi connectivity index (χ2n) is 7.06. The Balaban J connectivity index is 1.56. The fourth-order valence-corrected chi connectivity index (χ4v) is 3.71. The number of likely N-dealkylation sites (tertiary alicyclic amines) is 1. The fraction of sp³-hybridized carbons (Fsp3) is 0.474. The Morgan fingerprint density at radius 3 is 2.90 bits per heavy atom. The third-order valence-corrected chi connectivity index (χ3v) is 5.35. The highest BCUT2D eigenvalue weighted by Gasteiger charge is 2.33. The number of rotatable bonds is 3. The highest BCUT2D eigenvalue weighted by molar-refractivity contribution is 6.31. The molecule has 1 fully saturated rings. The van der Waals surface area contributed by atoms with Gasteiger partial charge in [0.05, 0.1) is 23.2 Å². The minimum atomic E-state index is -4.50. The van der Waals surface area contributed by atoms with Crippen LogP contribution in [0.25, 0.3) is 0 Å². The molecule has 2 amide bonds. The van der Waals surface area contributed by atoms with Crippen molar-refractivity contribution in [3.63, 3.8) is 0 Å². The summed E-state index contributed by atoms with van der Waals surface area (Å²) >= 11 is 5.73. The van der Waals surface area contributed by atoms with E-state index in [-0.39, 0.29) is 23.6 Å². The molecular formula is C19H23ClF3N5O. The average Bonchev–Trinajstić information content (AvgIpc) is 2.71. The van der Waals surface area contributed by atoms with E-state index in [1.807, 2.05) is 12.2 Å². The van der Waals surface area contributed by atoms with Gasteiger partial charge in [-0.3, -0.25) is 0 Å². The number of amides is 2. The van der Waals surface area contributed by atoms with Gasteiger partial charge < -0.3 is 20.5 Å². The quantitative estimate of drug-likeness (QED) is 0.773. The van der Waals surface area contributed by atoms with Gasteiger partial charge in [-0.05, 0) is 36.6 Å². The molecule has 0 radical (unpaired) electrons. The number of amidine groups is 1. The van der Waals surface area contributed by atoms with Crippen molar-refractivity contribution in [2.75, 3.05) is 26.7 Å². The molecule has 2 N–H and O–H groups in total. The van der Waals surface area contributed by atoms with Crippen LogP contribution in [0.2, 0.25) is 5.02 Å². The average molecular weight is 430 g/mol. The Labute approximate surface area is 172 Å². The van der Waals surface area contributed by atoms with Crippen molar-refractivity contribution < 1.29 is 18.0 Å². The highest BCUT2D eigenvalue weighted by atomic mass is 35.5. The summed E-state index contributed by atoms with van der Waals surface area (Å²) in [5.74, 6) is 0.856. The molecule has 158 valence electrons. The molecule has 1 atom stereocenters. The number of piperidine rings is 1. The summed E-state index contributed by atoms with van der Waals surface area (Å²) in [5, 5.41) is 6.66. The lowest BCUT2D eigenvalue weighted by atomic mass is 10.0. The molecular weight excluding hydrogens is 407 g/mol. The van der Waals surface area contributed by atoms with Gasteiger partial charge in [-0.25, -0.2) is 4.79 Å². The van der Waals surface area contributed by atoms with E-state index in [1.165, 1.54) is 12.1 Å². The van der Waals surface area contributed by atoms with Crippen LogP contribution in [0.15, 0.2) is 35.5 Å². The van der Waals surface area contributed by atoms with Gasteiger partial charge in [0.1, 0.15) is 5.84 Å². The molecule has 2 heterocycles. The topological polar surface area (TPSA) is 60.0 Å². The first-order chi connectivity index (χ1) is 13.8. The zero-order valence-corrected chi connectivity index (χ0v) is 16.7. The van der Waals surface area contributed by atoms with Gasteiger partial charge in [0.25, 0.3) is 0 Å². The van der Waals surface area contributed by atoms with Crippen LogP contribution in [-0.4, -0.2) is 54.4 Å². The predicted molar refractivity (Wildman–Crippen MR) is 106 cm³/mol. The van der Waals surface area contributed by atoms with E-state index in [1.54, 1.807) is 11.9 Å². The number of benzene rings is 1. The van der Waals surface area contributed by atoms with Crippen molar-refractivity contribution in [3.05, 3.63) is 46.5 Å². The molecule has 0 saturated carbocycles. The third-order valence-electron chi connectivity index (χ3n) is 5.04. The summed E-state index contributed by atoms with van der Waals surface area (Å²) in [6, 6.07) is 3.20. The number of alkyl halides is 3. The van der Waals surface area contributed by atoms with E-state index in [4.69, 9.17) is 11.6 Å². The Morgan fingerprint density at radius 1 is 1.45 bits per heavy atom.